The van der Waals surface area contributed by atoms with E-state index in [-0.39, 0.29) is 22.9 Å². The van der Waals surface area contributed by atoms with Crippen LogP contribution in [0.3, 0.4) is 0 Å². The van der Waals surface area contributed by atoms with Crippen LogP contribution in [0.1, 0.15) is 5.56 Å². The molecule has 1 N–H and O–H groups in total. The summed E-state index contributed by atoms with van der Waals surface area (Å²) in [5.74, 6) is -0.603. The minimum Gasteiger partial charge on any atom is -0.355 e. The van der Waals surface area contributed by atoms with Gasteiger partial charge in [-0.15, -0.1) is 0 Å². The van der Waals surface area contributed by atoms with Crippen LogP contribution >= 0.6 is 0 Å². The topological polar surface area (TPSA) is 98.8 Å². The van der Waals surface area contributed by atoms with Gasteiger partial charge in [-0.1, -0.05) is 17.7 Å². The van der Waals surface area contributed by atoms with Crippen molar-refractivity contribution in [3.05, 3.63) is 29.8 Å². The number of benzene rings is 1. The van der Waals surface area contributed by atoms with E-state index in [0.717, 1.165) is 5.56 Å². The maximum atomic E-state index is 12.9. The maximum Gasteiger partial charge on any atom is 0.183 e. The van der Waals surface area contributed by atoms with E-state index in [1.165, 1.54) is 26.4 Å². The van der Waals surface area contributed by atoms with Crippen LogP contribution in [0.15, 0.2) is 29.2 Å². The molecule has 0 aromatic heterocycles. The summed E-state index contributed by atoms with van der Waals surface area (Å²) in [6.07, 6.45) is -0.573. The fraction of sp³-hybridized carbons (Fsp3) is 0.600. The number of sulfone groups is 2. The third-order valence-electron chi connectivity index (χ3n) is 4.12. The second-order valence-electron chi connectivity index (χ2n) is 5.89. The Morgan fingerprint density at radius 1 is 1.17 bits per heavy atom. The summed E-state index contributed by atoms with van der Waals surface area (Å²) in [6, 6.07) is 5.73. The van der Waals surface area contributed by atoms with Gasteiger partial charge < -0.3 is 14.8 Å². The third kappa shape index (κ3) is 4.34. The molecule has 1 aromatic rings. The van der Waals surface area contributed by atoms with E-state index in [0.29, 0.717) is 0 Å². The summed E-state index contributed by atoms with van der Waals surface area (Å²) < 4.78 is 59.8. The van der Waals surface area contributed by atoms with Gasteiger partial charge in [0.25, 0.3) is 0 Å². The summed E-state index contributed by atoms with van der Waals surface area (Å²) in [5.41, 5.74) is 0.936. The number of methoxy groups -OCH3 is 2. The predicted molar refractivity (Wildman–Crippen MR) is 90.4 cm³/mol. The van der Waals surface area contributed by atoms with Gasteiger partial charge in [0, 0.05) is 26.8 Å². The molecule has 24 heavy (non-hydrogen) atoms. The van der Waals surface area contributed by atoms with Crippen molar-refractivity contribution in [1.82, 2.24) is 5.32 Å². The Morgan fingerprint density at radius 3 is 2.29 bits per heavy atom. The van der Waals surface area contributed by atoms with E-state index in [4.69, 9.17) is 9.47 Å². The number of rotatable bonds is 7. The van der Waals surface area contributed by atoms with Crippen molar-refractivity contribution in [1.29, 1.82) is 0 Å². The molecule has 0 amide bonds. The first-order valence-corrected chi connectivity index (χ1v) is 10.9. The molecule has 0 radical (unpaired) electrons. The van der Waals surface area contributed by atoms with Crippen molar-refractivity contribution >= 4 is 19.7 Å². The molecule has 0 bridgehead atoms. The van der Waals surface area contributed by atoms with Crippen molar-refractivity contribution in [2.45, 2.75) is 29.4 Å². The van der Waals surface area contributed by atoms with Crippen LogP contribution in [-0.2, 0) is 29.1 Å². The Kier molecular flexibility index (Phi) is 6.03. The van der Waals surface area contributed by atoms with E-state index in [1.807, 2.05) is 6.92 Å². The molecule has 2 unspecified atom stereocenters. The lowest BCUT2D eigenvalue weighted by molar-refractivity contribution is -0.0995. The average Bonchev–Trinajstić information content (AvgIpc) is 2.84. The maximum absolute atomic E-state index is 12.9. The minimum atomic E-state index is -3.76. The molecule has 0 aliphatic carbocycles. The second kappa shape index (κ2) is 7.49. The lowest BCUT2D eigenvalue weighted by atomic mass is 10.2. The Bertz CT molecular complexity index is 754. The van der Waals surface area contributed by atoms with Crippen molar-refractivity contribution in [2.75, 3.05) is 32.3 Å². The highest BCUT2D eigenvalue weighted by molar-refractivity contribution is 7.96. The largest absolute Gasteiger partial charge is 0.355 e. The third-order valence-corrected chi connectivity index (χ3v) is 8.29. The molecule has 1 fully saturated rings. The highest BCUT2D eigenvalue weighted by Gasteiger charge is 2.45. The highest BCUT2D eigenvalue weighted by atomic mass is 32.2. The molecule has 2 rings (SSSR count). The summed E-state index contributed by atoms with van der Waals surface area (Å²) in [5, 5.41) is 1.94. The zero-order chi connectivity index (χ0) is 18.0. The molecule has 136 valence electrons. The molecule has 1 aromatic carbocycles. The van der Waals surface area contributed by atoms with Gasteiger partial charge in [0.15, 0.2) is 26.0 Å². The fourth-order valence-electron chi connectivity index (χ4n) is 2.72. The molecule has 7 nitrogen and oxygen atoms in total. The second-order valence-corrected chi connectivity index (χ2v) is 10.2. The first kappa shape index (κ1) is 19.3. The van der Waals surface area contributed by atoms with Crippen molar-refractivity contribution in [3.63, 3.8) is 0 Å². The molecule has 9 heteroatoms. The van der Waals surface area contributed by atoms with Gasteiger partial charge in [0.05, 0.1) is 21.7 Å². The molecule has 2 atom stereocenters. The van der Waals surface area contributed by atoms with E-state index in [1.54, 1.807) is 12.1 Å². The van der Waals surface area contributed by atoms with Crippen LogP contribution in [0.4, 0.5) is 0 Å². The first-order chi connectivity index (χ1) is 11.2. The normalized spacial score (nSPS) is 23.7. The van der Waals surface area contributed by atoms with E-state index in [2.05, 4.69) is 5.32 Å². The summed E-state index contributed by atoms with van der Waals surface area (Å²) in [6.45, 7) is 2.06. The SMILES string of the molecule is COC(CNC1CS(=O)(=O)CC1S(=O)(=O)c1ccc(C)cc1)OC. The highest BCUT2D eigenvalue weighted by Crippen LogP contribution is 2.26. The zero-order valence-electron chi connectivity index (χ0n) is 13.9. The summed E-state index contributed by atoms with van der Waals surface area (Å²) >= 11 is 0. The molecule has 1 aliphatic heterocycles. The number of nitrogens with one attached hydrogen (secondary N) is 1. The van der Waals surface area contributed by atoms with Crippen LogP contribution in [0.2, 0.25) is 0 Å². The van der Waals surface area contributed by atoms with Crippen LogP contribution in [0.5, 0.6) is 0 Å². The molecule has 1 saturated heterocycles. The fourth-order valence-corrected chi connectivity index (χ4v) is 7.44. The Hall–Kier alpha value is -1.00. The quantitative estimate of drug-likeness (QED) is 0.675. The standard InChI is InChI=1S/C15H23NO6S2/c1-11-4-6-12(7-5-11)24(19,20)14-10-23(17,18)9-13(14)16-8-15(21-2)22-3/h4-7,13-16H,8-10H2,1-3H3. The minimum absolute atomic E-state index is 0.136. The lowest BCUT2D eigenvalue weighted by Crippen LogP contribution is -2.46. The van der Waals surface area contributed by atoms with Gasteiger partial charge in [-0.3, -0.25) is 0 Å². The van der Waals surface area contributed by atoms with Gasteiger partial charge in [0.2, 0.25) is 0 Å². The van der Waals surface area contributed by atoms with E-state index in [9.17, 15) is 16.8 Å². The van der Waals surface area contributed by atoms with Gasteiger partial charge in [-0.25, -0.2) is 16.8 Å². The molecule has 1 aliphatic rings. The van der Waals surface area contributed by atoms with Crippen molar-refractivity contribution in [3.8, 4) is 0 Å². The Morgan fingerprint density at radius 2 is 1.75 bits per heavy atom. The lowest BCUT2D eigenvalue weighted by Gasteiger charge is -2.22. The van der Waals surface area contributed by atoms with Crippen LogP contribution < -0.4 is 5.32 Å². The van der Waals surface area contributed by atoms with Gasteiger partial charge in [-0.05, 0) is 19.1 Å². The van der Waals surface area contributed by atoms with Crippen molar-refractivity contribution < 1.29 is 26.3 Å². The van der Waals surface area contributed by atoms with Gasteiger partial charge >= 0.3 is 0 Å². The molecule has 0 saturated carbocycles. The number of aryl methyl sites for hydroxylation is 1. The Balaban J connectivity index is 2.25. The monoisotopic (exact) mass is 377 g/mol. The average molecular weight is 377 g/mol. The number of ether oxygens (including phenoxy) is 2. The Labute approximate surface area is 143 Å². The van der Waals surface area contributed by atoms with Crippen LogP contribution in [0, 0.1) is 6.92 Å². The smallest absolute Gasteiger partial charge is 0.183 e. The molecule has 0 spiro atoms. The summed E-state index contributed by atoms with van der Waals surface area (Å²) in [7, 11) is -4.27. The molecular formula is C15H23NO6S2. The van der Waals surface area contributed by atoms with Gasteiger partial charge in [0.1, 0.15) is 0 Å². The predicted octanol–water partition coefficient (Wildman–Crippen LogP) is 0.143. The van der Waals surface area contributed by atoms with Gasteiger partial charge in [-0.2, -0.15) is 0 Å². The van der Waals surface area contributed by atoms with Crippen LogP contribution in [-0.4, -0.2) is 66.7 Å². The number of hydrogen-bond acceptors (Lipinski definition) is 7. The van der Waals surface area contributed by atoms with E-state index >= 15 is 0 Å². The zero-order valence-corrected chi connectivity index (χ0v) is 15.6. The molecule has 1 heterocycles. The van der Waals surface area contributed by atoms with E-state index < -0.39 is 37.3 Å². The van der Waals surface area contributed by atoms with Crippen LogP contribution in [0.25, 0.3) is 0 Å². The first-order valence-electron chi connectivity index (χ1n) is 7.49. The van der Waals surface area contributed by atoms with Crippen molar-refractivity contribution in [2.24, 2.45) is 0 Å². The number of hydrogen-bond donors (Lipinski definition) is 1. The summed E-state index contributed by atoms with van der Waals surface area (Å²) in [4.78, 5) is 0.136. The molecular weight excluding hydrogens is 354 g/mol.